The van der Waals surface area contributed by atoms with Crippen LogP contribution < -0.4 is 19.3 Å². The summed E-state index contributed by atoms with van der Waals surface area (Å²) in [6.45, 7) is 0. The van der Waals surface area contributed by atoms with Gasteiger partial charge in [0, 0.05) is 11.4 Å². The maximum absolute atomic E-state index is 14.2. The molecule has 4 aromatic carbocycles. The molecule has 0 bridgehead atoms. The highest BCUT2D eigenvalue weighted by Crippen LogP contribution is 2.49. The molecule has 5 rings (SSSR count). The van der Waals surface area contributed by atoms with Crippen molar-refractivity contribution in [1.29, 1.82) is 0 Å². The van der Waals surface area contributed by atoms with Gasteiger partial charge in [0.15, 0.2) is 0 Å². The van der Waals surface area contributed by atoms with Crippen molar-refractivity contribution in [3.63, 3.8) is 0 Å². The van der Waals surface area contributed by atoms with E-state index >= 15 is 0 Å². The Kier molecular flexibility index (Phi) is 6.72. The summed E-state index contributed by atoms with van der Waals surface area (Å²) in [5.74, 6) is 1.26. The summed E-state index contributed by atoms with van der Waals surface area (Å²) >= 11 is 0. The Morgan fingerprint density at radius 2 is 1.03 bits per heavy atom. The van der Waals surface area contributed by atoms with Crippen molar-refractivity contribution in [2.24, 2.45) is 0 Å². The fourth-order valence-corrected chi connectivity index (χ4v) is 4.85. The van der Waals surface area contributed by atoms with Crippen LogP contribution in [0, 0.1) is 0 Å². The summed E-state index contributed by atoms with van der Waals surface area (Å²) < 4.78 is 50.7. The van der Waals surface area contributed by atoms with Gasteiger partial charge < -0.3 is 9.47 Å². The van der Waals surface area contributed by atoms with Crippen LogP contribution in [0.4, 0.5) is 29.3 Å². The second-order valence-corrected chi connectivity index (χ2v) is 8.84. The van der Waals surface area contributed by atoms with E-state index in [0.717, 1.165) is 17.7 Å². The van der Waals surface area contributed by atoms with Gasteiger partial charge in [0.1, 0.15) is 11.5 Å². The number of anilines is 2. The number of benzene rings is 4. The van der Waals surface area contributed by atoms with E-state index in [9.17, 15) is 18.0 Å². The first-order chi connectivity index (χ1) is 18.3. The minimum absolute atomic E-state index is 0.306. The first-order valence-corrected chi connectivity index (χ1v) is 11.9. The predicted octanol–water partition coefficient (Wildman–Crippen LogP) is 7.65. The number of ether oxygens (including phenoxy) is 2. The maximum atomic E-state index is 14.2. The number of hydrogen-bond acceptors (Lipinski definition) is 3. The zero-order valence-corrected chi connectivity index (χ0v) is 20.7. The fraction of sp³-hybridized carbons (Fsp3) is 0.167. The molecule has 38 heavy (non-hydrogen) atoms. The Morgan fingerprint density at radius 1 is 0.605 bits per heavy atom. The Hall–Kier alpha value is -4.46. The lowest BCUT2D eigenvalue weighted by Gasteiger charge is -2.29. The van der Waals surface area contributed by atoms with Crippen molar-refractivity contribution in [3.8, 4) is 11.5 Å². The second-order valence-electron chi connectivity index (χ2n) is 8.84. The van der Waals surface area contributed by atoms with Crippen LogP contribution in [0.5, 0.6) is 11.5 Å². The highest BCUT2D eigenvalue weighted by atomic mass is 19.4. The van der Waals surface area contributed by atoms with Crippen molar-refractivity contribution in [3.05, 3.63) is 120 Å². The molecule has 194 valence electrons. The lowest BCUT2D eigenvalue weighted by Crippen LogP contribution is -2.32. The van der Waals surface area contributed by atoms with Crippen molar-refractivity contribution < 1.29 is 27.4 Å². The van der Waals surface area contributed by atoms with E-state index in [1.807, 2.05) is 30.3 Å². The van der Waals surface area contributed by atoms with Gasteiger partial charge in [0.2, 0.25) is 0 Å². The largest absolute Gasteiger partial charge is 0.497 e. The molecule has 1 saturated heterocycles. The van der Waals surface area contributed by atoms with Crippen LogP contribution in [0.2, 0.25) is 0 Å². The third kappa shape index (κ3) is 4.65. The number of halogens is 3. The predicted molar refractivity (Wildman–Crippen MR) is 140 cm³/mol. The molecule has 8 heteroatoms. The van der Waals surface area contributed by atoms with Crippen LogP contribution in [-0.2, 0) is 6.18 Å². The molecule has 0 unspecified atom stereocenters. The van der Waals surface area contributed by atoms with Gasteiger partial charge in [-0.15, -0.1) is 0 Å². The van der Waals surface area contributed by atoms with Gasteiger partial charge in [0.05, 0.1) is 31.9 Å². The smallest absolute Gasteiger partial charge is 0.416 e. The van der Waals surface area contributed by atoms with Crippen LogP contribution in [0.1, 0.15) is 28.8 Å². The van der Waals surface area contributed by atoms with E-state index in [2.05, 4.69) is 0 Å². The molecule has 0 aromatic heterocycles. The molecule has 4 aromatic rings. The summed E-state index contributed by atoms with van der Waals surface area (Å²) in [5.41, 5.74) is 1.91. The van der Waals surface area contributed by atoms with Crippen LogP contribution in [-0.4, -0.2) is 20.3 Å². The molecule has 1 fully saturated rings. The van der Waals surface area contributed by atoms with Crippen LogP contribution in [0.25, 0.3) is 0 Å². The lowest BCUT2D eigenvalue weighted by atomic mass is 9.92. The van der Waals surface area contributed by atoms with E-state index < -0.39 is 23.8 Å². The fourth-order valence-electron chi connectivity index (χ4n) is 4.85. The number of carbonyl (C=O) groups is 1. The summed E-state index contributed by atoms with van der Waals surface area (Å²) in [7, 11) is 3.12. The topological polar surface area (TPSA) is 42.0 Å². The summed E-state index contributed by atoms with van der Waals surface area (Å²) in [5, 5.41) is 0. The summed E-state index contributed by atoms with van der Waals surface area (Å²) in [6, 6.07) is 27.2. The summed E-state index contributed by atoms with van der Waals surface area (Å²) in [6.07, 6.45) is -4.46. The Labute approximate surface area is 218 Å². The Balaban J connectivity index is 1.70. The average molecular weight is 519 g/mol. The number of carbonyl (C=O) groups excluding carboxylic acids is 1. The van der Waals surface area contributed by atoms with Crippen molar-refractivity contribution in [2.75, 3.05) is 24.0 Å². The van der Waals surface area contributed by atoms with Gasteiger partial charge in [-0.05, 0) is 71.8 Å². The Morgan fingerprint density at radius 3 is 1.42 bits per heavy atom. The van der Waals surface area contributed by atoms with Crippen LogP contribution >= 0.6 is 0 Å². The molecule has 0 aliphatic carbocycles. The van der Waals surface area contributed by atoms with Crippen molar-refractivity contribution in [1.82, 2.24) is 0 Å². The molecule has 0 radical (unpaired) electrons. The molecule has 0 saturated carbocycles. The molecule has 1 heterocycles. The number of rotatable bonds is 6. The van der Waals surface area contributed by atoms with E-state index in [1.54, 1.807) is 72.6 Å². The van der Waals surface area contributed by atoms with Crippen LogP contribution in [0.15, 0.2) is 103 Å². The molecule has 0 N–H and O–H groups in total. The molecule has 1 aliphatic rings. The molecule has 2 amide bonds. The zero-order valence-electron chi connectivity index (χ0n) is 20.7. The van der Waals surface area contributed by atoms with Gasteiger partial charge >= 0.3 is 12.2 Å². The third-order valence-electron chi connectivity index (χ3n) is 6.69. The van der Waals surface area contributed by atoms with Crippen molar-refractivity contribution in [2.45, 2.75) is 18.3 Å². The van der Waals surface area contributed by atoms with Crippen LogP contribution in [0.3, 0.4) is 0 Å². The van der Waals surface area contributed by atoms with Crippen molar-refractivity contribution >= 4 is 17.4 Å². The number of nitrogens with zero attached hydrogens (tertiary/aromatic N) is 2. The normalized spacial score (nSPS) is 17.6. The molecule has 1 aliphatic heterocycles. The second kappa shape index (κ2) is 10.1. The number of alkyl halides is 3. The molecular formula is C30H25F3N2O3. The number of methoxy groups -OCH3 is 2. The first-order valence-electron chi connectivity index (χ1n) is 11.9. The van der Waals surface area contributed by atoms with Gasteiger partial charge in [0.25, 0.3) is 0 Å². The average Bonchev–Trinajstić information content (AvgIpc) is 3.25. The highest BCUT2D eigenvalue weighted by molar-refractivity contribution is 6.08. The van der Waals surface area contributed by atoms with E-state index in [4.69, 9.17) is 9.47 Å². The van der Waals surface area contributed by atoms with Gasteiger partial charge in [-0.25, -0.2) is 4.79 Å². The third-order valence-corrected chi connectivity index (χ3v) is 6.69. The molecule has 2 atom stereocenters. The lowest BCUT2D eigenvalue weighted by molar-refractivity contribution is -0.137. The van der Waals surface area contributed by atoms with E-state index in [1.165, 1.54) is 12.1 Å². The van der Waals surface area contributed by atoms with E-state index in [0.29, 0.717) is 28.4 Å². The van der Waals surface area contributed by atoms with E-state index in [-0.39, 0.29) is 6.03 Å². The quantitative estimate of drug-likeness (QED) is 0.263. The monoisotopic (exact) mass is 518 g/mol. The van der Waals surface area contributed by atoms with Gasteiger partial charge in [-0.2, -0.15) is 13.2 Å². The number of hydrogen-bond donors (Lipinski definition) is 0. The highest BCUT2D eigenvalue weighted by Gasteiger charge is 2.49. The Bertz CT molecular complexity index is 1390. The minimum atomic E-state index is -4.46. The molecule has 0 spiro atoms. The molecular weight excluding hydrogens is 493 g/mol. The van der Waals surface area contributed by atoms with Gasteiger partial charge in [-0.3, -0.25) is 9.80 Å². The SMILES string of the molecule is COc1ccc(N2C(=O)N(c3ccc(OC)cc3)[C@@H](c3ccc(C(F)(F)F)cc3)[C@@H]2c2ccccc2)cc1. The zero-order chi connectivity index (χ0) is 26.9. The minimum Gasteiger partial charge on any atom is -0.497 e. The number of urea groups is 1. The molecule has 5 nitrogen and oxygen atoms in total. The summed E-state index contributed by atoms with van der Waals surface area (Å²) in [4.78, 5) is 17.5. The number of amides is 2. The first kappa shape index (κ1) is 25.2. The standard InChI is InChI=1S/C30H25F3N2O3/c1-37-25-16-12-23(13-17-25)34-27(20-6-4-3-5-7-20)28(21-8-10-22(11-9-21)30(31,32)33)35(29(34)36)24-14-18-26(38-2)19-15-24/h3-19,27-28H,1-2H3/t27-,28-/m0/s1. The van der Waals surface area contributed by atoms with Gasteiger partial charge in [-0.1, -0.05) is 42.5 Å². The maximum Gasteiger partial charge on any atom is 0.416 e.